The molecule has 12 heavy (non-hydrogen) atoms. The quantitative estimate of drug-likeness (QED) is 0.681. The summed E-state index contributed by atoms with van der Waals surface area (Å²) >= 11 is 0. The van der Waals surface area contributed by atoms with E-state index in [1.165, 1.54) is 5.39 Å². The summed E-state index contributed by atoms with van der Waals surface area (Å²) in [6, 6.07) is 10.0. The first-order chi connectivity index (χ1) is 5.79. The number of aromatic nitrogens is 1. The van der Waals surface area contributed by atoms with E-state index in [0.29, 0.717) is 0 Å². The number of hydrogen-bond donors (Lipinski definition) is 1. The maximum absolute atomic E-state index is 9.37. The first-order valence-corrected chi connectivity index (χ1v) is 4.02. The Morgan fingerprint density at radius 3 is 2.75 bits per heavy atom. The molecule has 0 aliphatic rings. The van der Waals surface area contributed by atoms with Gasteiger partial charge in [0, 0.05) is 6.20 Å². The summed E-state index contributed by atoms with van der Waals surface area (Å²) in [5.74, 6) is 0. The Hall–Kier alpha value is -1.28. The number of aliphatic hydroxyl groups is 1. The highest BCUT2D eigenvalue weighted by atomic mass is 16.3. The van der Waals surface area contributed by atoms with Gasteiger partial charge in [0.05, 0.1) is 5.52 Å². The molecular weight excluding hydrogens is 150 g/mol. The average molecular weight is 161 g/mol. The summed E-state index contributed by atoms with van der Waals surface area (Å²) in [4.78, 5) is 0. The summed E-state index contributed by atoms with van der Waals surface area (Å²) in [6.07, 6.45) is 1.44. The van der Waals surface area contributed by atoms with E-state index >= 15 is 0 Å². The van der Waals surface area contributed by atoms with E-state index in [2.05, 4.69) is 0 Å². The van der Waals surface area contributed by atoms with Crippen LogP contribution in [0.5, 0.6) is 0 Å². The lowest BCUT2D eigenvalue weighted by molar-refractivity contribution is 0.129. The van der Waals surface area contributed by atoms with Gasteiger partial charge in [0.15, 0.2) is 0 Å². The van der Waals surface area contributed by atoms with Gasteiger partial charge in [0.2, 0.25) is 0 Å². The summed E-state index contributed by atoms with van der Waals surface area (Å²) in [5.41, 5.74) is 1.08. The van der Waals surface area contributed by atoms with Crippen LogP contribution in [0.1, 0.15) is 13.2 Å². The van der Waals surface area contributed by atoms with E-state index in [9.17, 15) is 5.11 Å². The van der Waals surface area contributed by atoms with Crippen LogP contribution in [0.15, 0.2) is 36.5 Å². The lowest BCUT2D eigenvalue weighted by Gasteiger charge is -2.07. The molecule has 2 rings (SSSR count). The fourth-order valence-corrected chi connectivity index (χ4v) is 1.43. The molecular formula is C10H11NO. The lowest BCUT2D eigenvalue weighted by atomic mass is 10.2. The van der Waals surface area contributed by atoms with Crippen LogP contribution in [0.3, 0.4) is 0 Å². The minimum absolute atomic E-state index is 0.454. The Morgan fingerprint density at radius 2 is 2.00 bits per heavy atom. The number of aliphatic hydroxyl groups excluding tert-OH is 1. The molecule has 1 N–H and O–H groups in total. The monoisotopic (exact) mass is 161 g/mol. The smallest absolute Gasteiger partial charge is 0.127 e. The van der Waals surface area contributed by atoms with Gasteiger partial charge in [-0.1, -0.05) is 18.2 Å². The third-order valence-corrected chi connectivity index (χ3v) is 2.03. The highest BCUT2D eigenvalue weighted by Gasteiger charge is 2.02. The van der Waals surface area contributed by atoms with E-state index in [0.717, 1.165) is 5.52 Å². The Bertz CT molecular complexity index is 389. The topological polar surface area (TPSA) is 25.2 Å². The predicted octanol–water partition coefficient (Wildman–Crippen LogP) is 2.15. The SMILES string of the molecule is CC(O)n1ccc2ccccc21. The van der Waals surface area contributed by atoms with Crippen LogP contribution in [0.2, 0.25) is 0 Å². The standard InChI is InChI=1S/C10H11NO/c1-8(12)11-7-6-9-4-2-3-5-10(9)11/h2-8,12H,1H3. The van der Waals surface area contributed by atoms with Crippen molar-refractivity contribution >= 4 is 10.9 Å². The van der Waals surface area contributed by atoms with Crippen molar-refractivity contribution in [3.05, 3.63) is 36.5 Å². The number of benzene rings is 1. The fraction of sp³-hybridized carbons (Fsp3) is 0.200. The highest BCUT2D eigenvalue weighted by Crippen LogP contribution is 2.17. The number of hydrogen-bond acceptors (Lipinski definition) is 1. The Labute approximate surface area is 71.1 Å². The van der Waals surface area contributed by atoms with Gasteiger partial charge in [-0.15, -0.1) is 0 Å². The summed E-state index contributed by atoms with van der Waals surface area (Å²) in [6.45, 7) is 1.76. The van der Waals surface area contributed by atoms with Crippen LogP contribution < -0.4 is 0 Å². The number of fused-ring (bicyclic) bond motifs is 1. The zero-order valence-electron chi connectivity index (χ0n) is 6.94. The molecule has 0 fully saturated rings. The molecule has 1 aromatic heterocycles. The second-order valence-corrected chi connectivity index (χ2v) is 2.91. The second kappa shape index (κ2) is 2.64. The van der Waals surface area contributed by atoms with E-state index in [1.807, 2.05) is 41.1 Å². The fourth-order valence-electron chi connectivity index (χ4n) is 1.43. The maximum atomic E-state index is 9.37. The molecule has 62 valence electrons. The Kier molecular flexibility index (Phi) is 1.62. The molecule has 0 spiro atoms. The van der Waals surface area contributed by atoms with Crippen molar-refractivity contribution in [3.63, 3.8) is 0 Å². The molecule has 0 aliphatic carbocycles. The predicted molar refractivity (Wildman–Crippen MR) is 48.9 cm³/mol. The van der Waals surface area contributed by atoms with Crippen molar-refractivity contribution in [1.82, 2.24) is 4.57 Å². The van der Waals surface area contributed by atoms with Gasteiger partial charge < -0.3 is 9.67 Å². The average Bonchev–Trinajstić information content (AvgIpc) is 2.47. The molecule has 0 saturated heterocycles. The van der Waals surface area contributed by atoms with Crippen molar-refractivity contribution in [2.24, 2.45) is 0 Å². The molecule has 0 amide bonds. The largest absolute Gasteiger partial charge is 0.374 e. The van der Waals surface area contributed by atoms with Gasteiger partial charge in [-0.3, -0.25) is 0 Å². The number of para-hydroxylation sites is 1. The lowest BCUT2D eigenvalue weighted by Crippen LogP contribution is -2.00. The first-order valence-electron chi connectivity index (χ1n) is 4.02. The van der Waals surface area contributed by atoms with E-state index in [-0.39, 0.29) is 0 Å². The molecule has 1 unspecified atom stereocenters. The molecule has 2 aromatic rings. The van der Waals surface area contributed by atoms with Gasteiger partial charge in [-0.05, 0) is 24.4 Å². The summed E-state index contributed by atoms with van der Waals surface area (Å²) in [7, 11) is 0. The number of nitrogens with zero attached hydrogens (tertiary/aromatic N) is 1. The molecule has 0 saturated carbocycles. The van der Waals surface area contributed by atoms with Crippen molar-refractivity contribution < 1.29 is 5.11 Å². The van der Waals surface area contributed by atoms with Gasteiger partial charge in [0.25, 0.3) is 0 Å². The second-order valence-electron chi connectivity index (χ2n) is 2.91. The van der Waals surface area contributed by atoms with Gasteiger partial charge in [0.1, 0.15) is 6.23 Å². The molecule has 0 aliphatic heterocycles. The maximum Gasteiger partial charge on any atom is 0.127 e. The van der Waals surface area contributed by atoms with Gasteiger partial charge in [-0.2, -0.15) is 0 Å². The van der Waals surface area contributed by atoms with E-state index < -0.39 is 6.23 Å². The van der Waals surface area contributed by atoms with Crippen LogP contribution in [0.25, 0.3) is 10.9 Å². The molecule has 2 nitrogen and oxygen atoms in total. The van der Waals surface area contributed by atoms with Gasteiger partial charge in [-0.25, -0.2) is 0 Å². The molecule has 1 aromatic carbocycles. The molecule has 2 heteroatoms. The van der Waals surface area contributed by atoms with Crippen molar-refractivity contribution in [2.75, 3.05) is 0 Å². The minimum Gasteiger partial charge on any atom is -0.374 e. The van der Waals surface area contributed by atoms with E-state index in [1.54, 1.807) is 6.92 Å². The zero-order valence-corrected chi connectivity index (χ0v) is 6.94. The van der Waals surface area contributed by atoms with Crippen molar-refractivity contribution in [3.8, 4) is 0 Å². The number of rotatable bonds is 1. The third-order valence-electron chi connectivity index (χ3n) is 2.03. The third kappa shape index (κ3) is 1.01. The van der Waals surface area contributed by atoms with Gasteiger partial charge >= 0.3 is 0 Å². The van der Waals surface area contributed by atoms with Crippen LogP contribution in [0.4, 0.5) is 0 Å². The van der Waals surface area contributed by atoms with Crippen LogP contribution in [-0.4, -0.2) is 9.67 Å². The molecule has 1 atom stereocenters. The highest BCUT2D eigenvalue weighted by molar-refractivity contribution is 5.79. The molecule has 1 heterocycles. The first kappa shape index (κ1) is 7.37. The molecule has 0 radical (unpaired) electrons. The van der Waals surface area contributed by atoms with Crippen molar-refractivity contribution in [2.45, 2.75) is 13.2 Å². The van der Waals surface area contributed by atoms with E-state index in [4.69, 9.17) is 0 Å². The summed E-state index contributed by atoms with van der Waals surface area (Å²) in [5, 5.41) is 10.5. The molecule has 0 bridgehead atoms. The minimum atomic E-state index is -0.454. The zero-order chi connectivity index (χ0) is 8.55. The Morgan fingerprint density at radius 1 is 1.25 bits per heavy atom. The van der Waals surface area contributed by atoms with Crippen LogP contribution >= 0.6 is 0 Å². The van der Waals surface area contributed by atoms with Crippen LogP contribution in [0, 0.1) is 0 Å². The Balaban J connectivity index is 2.70. The van der Waals surface area contributed by atoms with Crippen LogP contribution in [-0.2, 0) is 0 Å². The van der Waals surface area contributed by atoms with Crippen molar-refractivity contribution in [1.29, 1.82) is 0 Å². The normalized spacial score (nSPS) is 13.5. The summed E-state index contributed by atoms with van der Waals surface area (Å²) < 4.78 is 1.84.